The summed E-state index contributed by atoms with van der Waals surface area (Å²) in [7, 11) is 1.58. The average Bonchev–Trinajstić information content (AvgIpc) is 2.99. The van der Waals surface area contributed by atoms with Crippen molar-refractivity contribution in [3.63, 3.8) is 0 Å². The highest BCUT2D eigenvalue weighted by molar-refractivity contribution is 7.80. The van der Waals surface area contributed by atoms with E-state index < -0.39 is 0 Å². The van der Waals surface area contributed by atoms with E-state index in [0.29, 0.717) is 10.6 Å². The molecule has 0 atom stereocenters. The van der Waals surface area contributed by atoms with Crippen molar-refractivity contribution in [2.75, 3.05) is 12.4 Å². The number of benzene rings is 1. The Labute approximate surface area is 125 Å². The second-order valence-corrected chi connectivity index (χ2v) is 5.07. The molecule has 5 nitrogen and oxygen atoms in total. The molecule has 0 unspecified atom stereocenters. The Kier molecular flexibility index (Phi) is 4.91. The van der Waals surface area contributed by atoms with E-state index in [1.165, 1.54) is 11.3 Å². The molecule has 0 bridgehead atoms. The topological polar surface area (TPSA) is 62.4 Å². The highest BCUT2D eigenvalue weighted by Crippen LogP contribution is 2.22. The molecule has 0 fully saturated rings. The van der Waals surface area contributed by atoms with Crippen molar-refractivity contribution < 1.29 is 9.53 Å². The van der Waals surface area contributed by atoms with Crippen LogP contribution in [0, 0.1) is 0 Å². The third-order valence-electron chi connectivity index (χ3n) is 2.39. The molecule has 1 amide bonds. The molecule has 0 aliphatic rings. The minimum Gasteiger partial charge on any atom is -0.495 e. The number of hydrazine groups is 1. The van der Waals surface area contributed by atoms with Gasteiger partial charge in [-0.1, -0.05) is 18.2 Å². The van der Waals surface area contributed by atoms with Crippen molar-refractivity contribution in [1.29, 1.82) is 0 Å². The fraction of sp³-hybridized carbons (Fsp3) is 0.0769. The highest BCUT2D eigenvalue weighted by atomic mass is 32.1. The number of thiocarbonyl (C=S) groups is 1. The van der Waals surface area contributed by atoms with Crippen molar-refractivity contribution in [2.24, 2.45) is 0 Å². The Hall–Kier alpha value is -2.12. The number of carbonyl (C=O) groups excluding carboxylic acids is 1. The maximum atomic E-state index is 11.7. The lowest BCUT2D eigenvalue weighted by Gasteiger charge is -2.13. The third-order valence-corrected chi connectivity index (χ3v) is 3.46. The van der Waals surface area contributed by atoms with Gasteiger partial charge in [0, 0.05) is 0 Å². The van der Waals surface area contributed by atoms with Gasteiger partial charge >= 0.3 is 0 Å². The smallest absolute Gasteiger partial charge is 0.279 e. The summed E-state index contributed by atoms with van der Waals surface area (Å²) in [5.74, 6) is 0.436. The van der Waals surface area contributed by atoms with Crippen LogP contribution >= 0.6 is 23.6 Å². The third kappa shape index (κ3) is 3.69. The Morgan fingerprint density at radius 1 is 1.20 bits per heavy atom. The van der Waals surface area contributed by atoms with Crippen LogP contribution < -0.4 is 20.9 Å². The molecule has 2 aromatic rings. The summed E-state index contributed by atoms with van der Waals surface area (Å²) in [4.78, 5) is 12.3. The van der Waals surface area contributed by atoms with Gasteiger partial charge in [0.15, 0.2) is 5.11 Å². The summed E-state index contributed by atoms with van der Waals surface area (Å²) in [6.45, 7) is 0. The predicted octanol–water partition coefficient (Wildman–Crippen LogP) is 2.39. The molecule has 2 rings (SSSR count). The zero-order chi connectivity index (χ0) is 14.4. The van der Waals surface area contributed by atoms with Crippen molar-refractivity contribution >= 4 is 40.3 Å². The van der Waals surface area contributed by atoms with E-state index >= 15 is 0 Å². The first-order chi connectivity index (χ1) is 9.70. The van der Waals surface area contributed by atoms with Gasteiger partial charge in [-0.15, -0.1) is 11.3 Å². The Morgan fingerprint density at radius 2 is 2.00 bits per heavy atom. The van der Waals surface area contributed by atoms with Crippen molar-refractivity contribution in [3.05, 3.63) is 46.7 Å². The summed E-state index contributed by atoms with van der Waals surface area (Å²) in [5, 5.41) is 5.06. The first-order valence-electron chi connectivity index (χ1n) is 5.74. The van der Waals surface area contributed by atoms with Crippen molar-refractivity contribution in [1.82, 2.24) is 10.9 Å². The zero-order valence-corrected chi connectivity index (χ0v) is 12.3. The Balaban J connectivity index is 1.88. The van der Waals surface area contributed by atoms with Gasteiger partial charge in [0.2, 0.25) is 0 Å². The van der Waals surface area contributed by atoms with Crippen LogP contribution in [0.5, 0.6) is 5.75 Å². The van der Waals surface area contributed by atoms with Crippen molar-refractivity contribution in [3.8, 4) is 5.75 Å². The Morgan fingerprint density at radius 3 is 2.70 bits per heavy atom. The maximum Gasteiger partial charge on any atom is 0.279 e. The predicted molar refractivity (Wildman–Crippen MR) is 84.1 cm³/mol. The monoisotopic (exact) mass is 307 g/mol. The summed E-state index contributed by atoms with van der Waals surface area (Å²) in [5.41, 5.74) is 5.88. The average molecular weight is 307 g/mol. The second kappa shape index (κ2) is 6.88. The van der Waals surface area contributed by atoms with Gasteiger partial charge in [-0.3, -0.25) is 15.6 Å². The molecular formula is C13H13N3O2S2. The van der Waals surface area contributed by atoms with Gasteiger partial charge in [0.1, 0.15) is 5.75 Å². The van der Waals surface area contributed by atoms with Gasteiger partial charge < -0.3 is 10.1 Å². The van der Waals surface area contributed by atoms with E-state index in [1.54, 1.807) is 13.2 Å². The van der Waals surface area contributed by atoms with Crippen LogP contribution in [-0.2, 0) is 0 Å². The number of anilines is 1. The summed E-state index contributed by atoms with van der Waals surface area (Å²) < 4.78 is 5.20. The normalized spacial score (nSPS) is 9.65. The first kappa shape index (κ1) is 14.3. The first-order valence-corrected chi connectivity index (χ1v) is 7.03. The number of methoxy groups -OCH3 is 1. The van der Waals surface area contributed by atoms with Crippen LogP contribution in [0.3, 0.4) is 0 Å². The number of hydrogen-bond donors (Lipinski definition) is 3. The van der Waals surface area contributed by atoms with Crippen molar-refractivity contribution in [2.45, 2.75) is 0 Å². The summed E-state index contributed by atoms with van der Waals surface area (Å²) >= 11 is 6.46. The second-order valence-electron chi connectivity index (χ2n) is 3.71. The fourth-order valence-electron chi connectivity index (χ4n) is 1.48. The summed E-state index contributed by atoms with van der Waals surface area (Å²) in [6.07, 6.45) is 0. The quantitative estimate of drug-likeness (QED) is 0.600. The molecule has 0 aliphatic carbocycles. The van der Waals surface area contributed by atoms with Crippen LogP contribution in [0.25, 0.3) is 0 Å². The molecule has 0 spiro atoms. The number of hydrogen-bond acceptors (Lipinski definition) is 4. The minimum atomic E-state index is -0.232. The van der Waals surface area contributed by atoms with Crippen LogP contribution in [0.1, 0.15) is 9.67 Å². The molecule has 1 aromatic heterocycles. The van der Waals surface area contributed by atoms with Crippen LogP contribution in [0.4, 0.5) is 5.69 Å². The number of thiophene rings is 1. The molecule has 20 heavy (non-hydrogen) atoms. The zero-order valence-electron chi connectivity index (χ0n) is 10.7. The number of nitrogens with one attached hydrogen (secondary N) is 3. The molecule has 1 aromatic carbocycles. The van der Waals surface area contributed by atoms with Gasteiger partial charge in [0.05, 0.1) is 17.7 Å². The number of rotatable bonds is 3. The van der Waals surface area contributed by atoms with Gasteiger partial charge in [-0.25, -0.2) is 0 Å². The lowest BCUT2D eigenvalue weighted by Crippen LogP contribution is -2.43. The van der Waals surface area contributed by atoms with Gasteiger partial charge in [-0.05, 0) is 35.8 Å². The number of amides is 1. The van der Waals surface area contributed by atoms with E-state index in [4.69, 9.17) is 17.0 Å². The van der Waals surface area contributed by atoms with E-state index in [-0.39, 0.29) is 11.0 Å². The largest absolute Gasteiger partial charge is 0.495 e. The molecule has 104 valence electrons. The van der Waals surface area contributed by atoms with Gasteiger partial charge in [-0.2, -0.15) is 0 Å². The van der Waals surface area contributed by atoms with E-state index in [0.717, 1.165) is 5.69 Å². The van der Waals surface area contributed by atoms with E-state index in [2.05, 4.69) is 16.2 Å². The lowest BCUT2D eigenvalue weighted by molar-refractivity contribution is 0.0948. The summed E-state index contributed by atoms with van der Waals surface area (Å²) in [6, 6.07) is 10.9. The molecule has 7 heteroatoms. The molecule has 0 radical (unpaired) electrons. The standard InChI is InChI=1S/C13H13N3O2S2/c1-18-10-6-3-2-5-9(10)14-13(19)16-15-12(17)11-7-4-8-20-11/h2-8H,1H3,(H,15,17)(H2,14,16,19). The molecular weight excluding hydrogens is 294 g/mol. The SMILES string of the molecule is COc1ccccc1NC(=S)NNC(=O)c1cccs1. The van der Waals surface area contributed by atoms with E-state index in [9.17, 15) is 4.79 Å². The molecule has 0 saturated heterocycles. The van der Waals surface area contributed by atoms with E-state index in [1.807, 2.05) is 35.7 Å². The van der Waals surface area contributed by atoms with Crippen LogP contribution in [-0.4, -0.2) is 18.1 Å². The minimum absolute atomic E-state index is 0.232. The highest BCUT2D eigenvalue weighted by Gasteiger charge is 2.07. The number of ether oxygens (including phenoxy) is 1. The number of para-hydroxylation sites is 2. The maximum absolute atomic E-state index is 11.7. The molecule has 0 aliphatic heterocycles. The van der Waals surface area contributed by atoms with Crippen LogP contribution in [0.2, 0.25) is 0 Å². The lowest BCUT2D eigenvalue weighted by atomic mass is 10.3. The fourth-order valence-corrected chi connectivity index (χ4v) is 2.26. The van der Waals surface area contributed by atoms with Gasteiger partial charge in [0.25, 0.3) is 5.91 Å². The molecule has 3 N–H and O–H groups in total. The molecule has 0 saturated carbocycles. The Bertz CT molecular complexity index is 599. The van der Waals surface area contributed by atoms with Crippen LogP contribution in [0.15, 0.2) is 41.8 Å². The number of carbonyl (C=O) groups is 1. The molecule has 1 heterocycles.